The van der Waals surface area contributed by atoms with Gasteiger partial charge in [-0.15, -0.1) is 11.3 Å². The average molecular weight is 249 g/mol. The van der Waals surface area contributed by atoms with Gasteiger partial charge in [-0.3, -0.25) is 19.6 Å². The normalized spacial score (nSPS) is 10.1. The van der Waals surface area contributed by atoms with Crippen LogP contribution in [0.5, 0.6) is 0 Å². The van der Waals surface area contributed by atoms with Gasteiger partial charge in [0.05, 0.1) is 11.9 Å². The molecule has 6 heteroatoms. The lowest BCUT2D eigenvalue weighted by Crippen LogP contribution is -2.24. The molecule has 0 radical (unpaired) electrons. The highest BCUT2D eigenvalue weighted by Gasteiger charge is 2.04. The molecule has 5 nitrogen and oxygen atoms in total. The molecule has 0 bridgehead atoms. The Balaban J connectivity index is 1.70. The van der Waals surface area contributed by atoms with Gasteiger partial charge in [0, 0.05) is 23.5 Å². The number of thiazole rings is 1. The highest BCUT2D eigenvalue weighted by atomic mass is 32.1. The van der Waals surface area contributed by atoms with Crippen molar-refractivity contribution in [2.45, 2.75) is 13.0 Å². The third kappa shape index (κ3) is 3.93. The van der Waals surface area contributed by atoms with Crippen molar-refractivity contribution in [3.05, 3.63) is 46.7 Å². The van der Waals surface area contributed by atoms with E-state index in [1.54, 1.807) is 24.1 Å². The van der Waals surface area contributed by atoms with E-state index in [2.05, 4.69) is 15.4 Å². The maximum absolute atomic E-state index is 11.4. The lowest BCUT2D eigenvalue weighted by atomic mass is 10.3. The van der Waals surface area contributed by atoms with Crippen LogP contribution in [0.4, 0.5) is 0 Å². The van der Waals surface area contributed by atoms with Gasteiger partial charge < -0.3 is 0 Å². The van der Waals surface area contributed by atoms with Crippen LogP contribution in [0.25, 0.3) is 0 Å². The van der Waals surface area contributed by atoms with Gasteiger partial charge >= 0.3 is 0 Å². The van der Waals surface area contributed by atoms with Gasteiger partial charge in [0.1, 0.15) is 6.61 Å². The van der Waals surface area contributed by atoms with Crippen LogP contribution < -0.4 is 5.48 Å². The first-order chi connectivity index (χ1) is 8.34. The second-order valence-electron chi connectivity index (χ2n) is 3.32. The maximum Gasteiger partial charge on any atom is 0.248 e. The van der Waals surface area contributed by atoms with E-state index in [1.807, 2.05) is 12.1 Å². The molecule has 1 amide bonds. The fourth-order valence-electron chi connectivity index (χ4n) is 1.21. The zero-order valence-electron chi connectivity index (χ0n) is 9.00. The molecule has 0 saturated heterocycles. The molecule has 0 aromatic carbocycles. The van der Waals surface area contributed by atoms with Crippen LogP contribution in [0, 0.1) is 0 Å². The van der Waals surface area contributed by atoms with Crippen LogP contribution in [-0.4, -0.2) is 15.9 Å². The minimum absolute atomic E-state index is 0.182. The van der Waals surface area contributed by atoms with Crippen LogP contribution >= 0.6 is 11.3 Å². The molecule has 1 N–H and O–H groups in total. The van der Waals surface area contributed by atoms with E-state index in [0.29, 0.717) is 6.61 Å². The molecule has 0 unspecified atom stereocenters. The van der Waals surface area contributed by atoms with Gasteiger partial charge in [0.15, 0.2) is 0 Å². The summed E-state index contributed by atoms with van der Waals surface area (Å²) in [5.74, 6) is -0.182. The Kier molecular flexibility index (Phi) is 4.17. The number of hydrogen-bond donors (Lipinski definition) is 1. The van der Waals surface area contributed by atoms with E-state index in [0.717, 1.165) is 10.4 Å². The van der Waals surface area contributed by atoms with E-state index in [4.69, 9.17) is 4.84 Å². The van der Waals surface area contributed by atoms with Crippen LogP contribution in [0.1, 0.15) is 10.4 Å². The Bertz CT molecular complexity index is 459. The molecule has 0 aliphatic heterocycles. The zero-order valence-corrected chi connectivity index (χ0v) is 9.81. The average Bonchev–Trinajstić information content (AvgIpc) is 2.83. The monoisotopic (exact) mass is 249 g/mol. The fourth-order valence-corrected chi connectivity index (χ4v) is 1.80. The molecule has 0 aliphatic rings. The standard InChI is InChI=1S/C11H11N3O2S/c15-11(4-10-6-13-8-17-10)14-16-7-9-2-1-3-12-5-9/h1-3,5-6,8H,4,7H2,(H,14,15). The molecule has 2 rings (SSSR count). The van der Waals surface area contributed by atoms with Crippen molar-refractivity contribution in [2.24, 2.45) is 0 Å². The summed E-state index contributed by atoms with van der Waals surface area (Å²) in [4.78, 5) is 25.2. The summed E-state index contributed by atoms with van der Waals surface area (Å²) in [7, 11) is 0. The van der Waals surface area contributed by atoms with Gasteiger partial charge in [-0.25, -0.2) is 5.48 Å². The van der Waals surface area contributed by atoms with E-state index in [-0.39, 0.29) is 12.3 Å². The quantitative estimate of drug-likeness (QED) is 0.812. The van der Waals surface area contributed by atoms with E-state index in [9.17, 15) is 4.79 Å². The molecule has 2 aromatic rings. The summed E-state index contributed by atoms with van der Waals surface area (Å²) in [5.41, 5.74) is 4.98. The number of pyridine rings is 1. The topological polar surface area (TPSA) is 64.1 Å². The number of nitrogens with one attached hydrogen (secondary N) is 1. The number of nitrogens with zero attached hydrogens (tertiary/aromatic N) is 2. The van der Waals surface area contributed by atoms with Crippen molar-refractivity contribution < 1.29 is 9.63 Å². The lowest BCUT2D eigenvalue weighted by Gasteiger charge is -2.04. The number of rotatable bonds is 5. The predicted molar refractivity (Wildman–Crippen MR) is 63.0 cm³/mol. The van der Waals surface area contributed by atoms with Gasteiger partial charge in [-0.2, -0.15) is 0 Å². The SMILES string of the molecule is O=C(Cc1cncs1)NOCc1cccnc1. The second kappa shape index (κ2) is 6.07. The Morgan fingerprint density at radius 1 is 1.41 bits per heavy atom. The highest BCUT2D eigenvalue weighted by Crippen LogP contribution is 2.05. The number of hydroxylamine groups is 1. The number of hydrogen-bond acceptors (Lipinski definition) is 5. The van der Waals surface area contributed by atoms with E-state index >= 15 is 0 Å². The van der Waals surface area contributed by atoms with Gasteiger partial charge in [-0.05, 0) is 11.6 Å². The van der Waals surface area contributed by atoms with Crippen molar-refractivity contribution in [3.63, 3.8) is 0 Å². The predicted octanol–water partition coefficient (Wildman–Crippen LogP) is 1.33. The Hall–Kier alpha value is -1.79. The lowest BCUT2D eigenvalue weighted by molar-refractivity contribution is -0.133. The fraction of sp³-hybridized carbons (Fsp3) is 0.182. The Labute approximate surface area is 102 Å². The second-order valence-corrected chi connectivity index (χ2v) is 4.29. The van der Waals surface area contributed by atoms with Crippen LogP contribution in [-0.2, 0) is 22.7 Å². The highest BCUT2D eigenvalue weighted by molar-refractivity contribution is 7.09. The molecule has 2 aromatic heterocycles. The zero-order chi connectivity index (χ0) is 11.9. The minimum Gasteiger partial charge on any atom is -0.272 e. The molecule has 2 heterocycles. The van der Waals surface area contributed by atoms with Crippen LogP contribution in [0.3, 0.4) is 0 Å². The Morgan fingerprint density at radius 3 is 3.06 bits per heavy atom. The first kappa shape index (κ1) is 11.7. The van der Waals surface area contributed by atoms with E-state index < -0.39 is 0 Å². The maximum atomic E-state index is 11.4. The number of carbonyl (C=O) groups is 1. The minimum atomic E-state index is -0.182. The molecule has 0 spiro atoms. The van der Waals surface area contributed by atoms with Gasteiger partial charge in [-0.1, -0.05) is 6.07 Å². The summed E-state index contributed by atoms with van der Waals surface area (Å²) in [5, 5.41) is 0. The summed E-state index contributed by atoms with van der Waals surface area (Å²) in [6, 6.07) is 3.69. The number of carbonyl (C=O) groups excluding carboxylic acids is 1. The van der Waals surface area contributed by atoms with E-state index in [1.165, 1.54) is 11.3 Å². The summed E-state index contributed by atoms with van der Waals surface area (Å²) < 4.78 is 0. The summed E-state index contributed by atoms with van der Waals surface area (Å²) in [6.45, 7) is 0.308. The smallest absolute Gasteiger partial charge is 0.248 e. The molecule has 17 heavy (non-hydrogen) atoms. The van der Waals surface area contributed by atoms with Crippen molar-refractivity contribution in [3.8, 4) is 0 Å². The largest absolute Gasteiger partial charge is 0.272 e. The third-order valence-electron chi connectivity index (χ3n) is 1.97. The molecule has 0 aliphatic carbocycles. The van der Waals surface area contributed by atoms with Gasteiger partial charge in [0.25, 0.3) is 0 Å². The van der Waals surface area contributed by atoms with Crippen LogP contribution in [0.2, 0.25) is 0 Å². The first-order valence-electron chi connectivity index (χ1n) is 5.01. The van der Waals surface area contributed by atoms with Crippen molar-refractivity contribution in [1.29, 1.82) is 0 Å². The van der Waals surface area contributed by atoms with Crippen LogP contribution in [0.15, 0.2) is 36.2 Å². The summed E-state index contributed by atoms with van der Waals surface area (Å²) >= 11 is 1.44. The molecular formula is C11H11N3O2S. The third-order valence-corrected chi connectivity index (χ3v) is 2.75. The van der Waals surface area contributed by atoms with Gasteiger partial charge in [0.2, 0.25) is 5.91 Å². The molecule has 0 saturated carbocycles. The molecular weight excluding hydrogens is 238 g/mol. The molecule has 0 atom stereocenters. The first-order valence-corrected chi connectivity index (χ1v) is 5.89. The van der Waals surface area contributed by atoms with Crippen molar-refractivity contribution in [2.75, 3.05) is 0 Å². The Morgan fingerprint density at radius 2 is 2.35 bits per heavy atom. The van der Waals surface area contributed by atoms with Crippen molar-refractivity contribution >= 4 is 17.2 Å². The number of aromatic nitrogens is 2. The summed E-state index contributed by atoms with van der Waals surface area (Å²) in [6.07, 6.45) is 5.34. The molecule has 88 valence electrons. The number of amides is 1. The molecule has 0 fully saturated rings. The van der Waals surface area contributed by atoms with Crippen molar-refractivity contribution in [1.82, 2.24) is 15.4 Å².